The minimum absolute atomic E-state index is 0.0791. The second kappa shape index (κ2) is 42.7. The fraction of sp³-hybridized carbons (Fsp3) is 0.806. The molecule has 0 spiro atoms. The summed E-state index contributed by atoms with van der Waals surface area (Å²) in [7, 11) is -19.6. The summed E-state index contributed by atoms with van der Waals surface area (Å²) < 4.78 is 80.6. The molecule has 40 heteroatoms. The monoisotopic (exact) mass is 1560 g/mol. The topological polar surface area (TPSA) is 490 Å². The Kier molecular flexibility index (Phi) is 35.8. The van der Waals surface area contributed by atoms with E-state index in [1.807, 2.05) is 0 Å². The molecule has 102 heavy (non-hydrogen) atoms. The number of unbranched alkanes of at least 4 members (excludes halogenated alkanes) is 2. The van der Waals surface area contributed by atoms with E-state index in [1.165, 1.54) is 83.1 Å². The zero-order valence-electron chi connectivity index (χ0n) is 57.4. The molecule has 4 amide bonds. The number of nitrogens with one attached hydrogen (secondary N) is 4. The lowest BCUT2D eigenvalue weighted by Gasteiger charge is -2.32. The highest BCUT2D eigenvalue weighted by Gasteiger charge is 2.44. The number of rotatable bonds is 32. The molecular weight excluding hydrogens is 1460 g/mol. The van der Waals surface area contributed by atoms with Crippen LogP contribution in [0.2, 0.25) is 0 Å². The summed E-state index contributed by atoms with van der Waals surface area (Å²) in [6.07, 6.45) is 29.7. The summed E-state index contributed by atoms with van der Waals surface area (Å²) >= 11 is 0. The minimum atomic E-state index is -5.80. The fourth-order valence-electron chi connectivity index (χ4n) is 14.3. The van der Waals surface area contributed by atoms with Gasteiger partial charge in [0.2, 0.25) is 11.8 Å². The van der Waals surface area contributed by atoms with Gasteiger partial charge >= 0.3 is 48.8 Å². The highest BCUT2D eigenvalue weighted by molar-refractivity contribution is 8.77. The van der Waals surface area contributed by atoms with Gasteiger partial charge < -0.3 is 69.7 Å². The molecule has 0 radical (unpaired) electrons. The van der Waals surface area contributed by atoms with Crippen LogP contribution in [0.3, 0.4) is 0 Å². The average Bonchev–Trinajstić information content (AvgIpc) is 1.59. The Morgan fingerprint density at radius 3 is 1.63 bits per heavy atom. The number of anilines is 1. The molecule has 34 nitrogen and oxygen atoms in total. The van der Waals surface area contributed by atoms with Gasteiger partial charge in [0.15, 0.2) is 5.37 Å². The Bertz CT molecular complexity index is 3290. The summed E-state index contributed by atoms with van der Waals surface area (Å²) in [6.45, 7) is -1.87. The van der Waals surface area contributed by atoms with E-state index < -0.39 is 116 Å². The van der Waals surface area contributed by atoms with Crippen molar-refractivity contribution in [1.82, 2.24) is 34.6 Å². The highest BCUT2D eigenvalue weighted by atomic mass is 33.1. The van der Waals surface area contributed by atoms with Crippen LogP contribution in [0.15, 0.2) is 38.9 Å². The van der Waals surface area contributed by atoms with Gasteiger partial charge in [0, 0.05) is 69.0 Å². The lowest BCUT2D eigenvalue weighted by molar-refractivity contribution is -0.129. The molecule has 5 saturated carbocycles. The number of hydrogen-bond acceptors (Lipinski definition) is 23. The maximum atomic E-state index is 13.3. The summed E-state index contributed by atoms with van der Waals surface area (Å²) in [5.74, 6) is 3.08. The molecule has 0 aromatic carbocycles. The van der Waals surface area contributed by atoms with Crippen LogP contribution in [-0.4, -0.2) is 151 Å². The number of amides is 4. The highest BCUT2D eigenvalue weighted by Crippen LogP contribution is 2.66. The van der Waals surface area contributed by atoms with Crippen LogP contribution in [0.1, 0.15) is 212 Å². The van der Waals surface area contributed by atoms with Crippen molar-refractivity contribution in [2.75, 3.05) is 44.0 Å². The van der Waals surface area contributed by atoms with Gasteiger partial charge in [-0.15, -0.1) is 0 Å². The van der Waals surface area contributed by atoms with Gasteiger partial charge in [0.1, 0.15) is 37.1 Å². The van der Waals surface area contributed by atoms with E-state index in [-0.39, 0.29) is 74.8 Å². The van der Waals surface area contributed by atoms with E-state index in [9.17, 15) is 71.8 Å². The van der Waals surface area contributed by atoms with Crippen LogP contribution in [-0.2, 0) is 71.1 Å². The molecule has 12 N–H and O–H groups in total. The lowest BCUT2D eigenvalue weighted by atomic mass is 9.73. The van der Waals surface area contributed by atoms with Crippen LogP contribution in [0.25, 0.3) is 0 Å². The Morgan fingerprint density at radius 1 is 0.598 bits per heavy atom. The lowest BCUT2D eigenvalue weighted by Crippen LogP contribution is -2.46. The molecule has 4 heterocycles. The first-order chi connectivity index (χ1) is 48.5. The molecule has 580 valence electrons. The number of aromatic nitrogens is 4. The Morgan fingerprint density at radius 2 is 1.11 bits per heavy atom. The maximum absolute atomic E-state index is 13.3. The Balaban J connectivity index is 0.000000500. The predicted molar refractivity (Wildman–Crippen MR) is 375 cm³/mol. The van der Waals surface area contributed by atoms with Crippen molar-refractivity contribution >= 4 is 82.5 Å². The first-order valence-electron chi connectivity index (χ1n) is 35.7. The van der Waals surface area contributed by atoms with Crippen molar-refractivity contribution in [3.8, 4) is 0 Å². The zero-order valence-corrected chi connectivity index (χ0v) is 62.6. The molecule has 9 unspecified atom stereocenters. The quantitative estimate of drug-likeness (QED) is 0.0142. The van der Waals surface area contributed by atoms with Crippen LogP contribution < -0.4 is 38.2 Å². The van der Waals surface area contributed by atoms with Crippen LogP contribution in [0.4, 0.5) is 10.6 Å². The largest absolute Gasteiger partial charge is 0.490 e. The van der Waals surface area contributed by atoms with Crippen LogP contribution in [0, 0.1) is 29.6 Å². The number of phosphoric ester groups is 2. The molecule has 7 fully saturated rings. The first kappa shape index (κ1) is 85.5. The normalized spacial score (nSPS) is 24.4. The molecule has 2 aromatic rings. The zero-order chi connectivity index (χ0) is 73.9. The van der Waals surface area contributed by atoms with Gasteiger partial charge in [-0.1, -0.05) is 176 Å². The van der Waals surface area contributed by atoms with Crippen molar-refractivity contribution in [3.63, 3.8) is 0 Å². The van der Waals surface area contributed by atoms with Gasteiger partial charge in [-0.05, 0) is 55.4 Å². The van der Waals surface area contributed by atoms with Gasteiger partial charge in [-0.25, -0.2) is 32.6 Å². The Labute approximate surface area is 600 Å². The second-order valence-corrected chi connectivity index (χ2v) is 35.2. The van der Waals surface area contributed by atoms with Gasteiger partial charge in [0.25, 0.3) is 11.5 Å². The molecule has 9 rings (SSSR count). The maximum Gasteiger partial charge on any atom is 0.490 e. The van der Waals surface area contributed by atoms with E-state index in [0.717, 1.165) is 96.7 Å². The van der Waals surface area contributed by atoms with Crippen LogP contribution >= 0.6 is 52.9 Å². The fourth-order valence-corrected chi connectivity index (χ4v) is 19.6. The van der Waals surface area contributed by atoms with Crippen molar-refractivity contribution in [1.29, 1.82) is 0 Å². The summed E-state index contributed by atoms with van der Waals surface area (Å²) in [6, 6.07) is 2.27. The standard InChI is InChI=1S/C38H60N8O26P4S2.2C12H22/c47-24-19-31(69-27(24)22-68-75(62,63)72-76(64,65)71-74(59,60)61)45-14-10-28(41-36(45)53)42-37(54)66-17-18-77-78-35(43-33(51)23-7-3-1-4-8-23)34(52)40-12-6-2-5-9-29(49)39-13-16-44-30(50)11-15-46(38(44)55)32-20-25(48)26(70-32)21-67-73(56,57)58;2*1-3-7-11(8-4-1)12-9-5-2-6-10-12/h10-11,14-15,23-27,31-32,35,47-48H,1-9,12-13,16-22H2,(H,39,49)(H,40,52)(H,43,51)(H,62,63)(H,64,65)(H2,56,57,58)(H2,59,60,61)(H,41,42,53,54);2*11-12H,1-10H2. The molecule has 7 aliphatic rings. The third-order valence-corrected chi connectivity index (χ3v) is 26.2. The number of aliphatic hydroxyl groups excluding tert-OH is 2. The molecular formula is C62H104N8O26P4S2. The van der Waals surface area contributed by atoms with E-state index in [0.29, 0.717) is 32.1 Å². The predicted octanol–water partition coefficient (Wildman–Crippen LogP) is 8.06. The third-order valence-electron chi connectivity index (χ3n) is 19.4. The third kappa shape index (κ3) is 30.5. The number of nitrogens with zero attached hydrogens (tertiary/aromatic N) is 4. The number of carbonyl (C=O) groups excluding carboxylic acids is 4. The summed E-state index contributed by atoms with van der Waals surface area (Å²) in [5, 5.41) is 30.1. The second-order valence-electron chi connectivity index (χ2n) is 27.0. The number of hydrogen-bond donors (Lipinski definition) is 12. The Hall–Kier alpha value is -3.70. The molecule has 2 aliphatic heterocycles. The number of phosphoric acid groups is 4. The van der Waals surface area contributed by atoms with Gasteiger partial charge in [0.05, 0.1) is 25.4 Å². The van der Waals surface area contributed by atoms with Crippen molar-refractivity contribution in [3.05, 3.63) is 55.8 Å². The summed E-state index contributed by atoms with van der Waals surface area (Å²) in [5.41, 5.74) is -2.45. The van der Waals surface area contributed by atoms with Crippen molar-refractivity contribution in [2.45, 2.75) is 248 Å². The van der Waals surface area contributed by atoms with Crippen molar-refractivity contribution in [2.24, 2.45) is 29.6 Å². The van der Waals surface area contributed by atoms with Crippen molar-refractivity contribution < 1.29 is 109 Å². The number of aliphatic hydroxyl groups is 2. The van der Waals surface area contributed by atoms with E-state index >= 15 is 0 Å². The van der Waals surface area contributed by atoms with E-state index in [1.54, 1.807) is 51.4 Å². The van der Waals surface area contributed by atoms with Gasteiger partial charge in [-0.3, -0.25) is 47.2 Å². The first-order valence-corrected chi connectivity index (χ1v) is 44.1. The van der Waals surface area contributed by atoms with Gasteiger partial charge in [-0.2, -0.15) is 13.6 Å². The molecule has 9 atom stereocenters. The average molecular weight is 1570 g/mol. The van der Waals surface area contributed by atoms with Crippen LogP contribution in [0.5, 0.6) is 0 Å². The summed E-state index contributed by atoms with van der Waals surface area (Å²) in [4.78, 5) is 148. The van der Waals surface area contributed by atoms with E-state index in [2.05, 4.69) is 43.9 Å². The smallest absolute Gasteiger partial charge is 0.448 e. The van der Waals surface area contributed by atoms with E-state index in [4.69, 9.17) is 33.8 Å². The molecule has 5 aliphatic carbocycles. The molecule has 0 bridgehead atoms. The number of carbonyl (C=O) groups is 4. The molecule has 2 aromatic heterocycles. The number of ether oxygens (including phenoxy) is 3. The molecule has 2 saturated heterocycles. The minimum Gasteiger partial charge on any atom is -0.448 e. The SMILES string of the molecule is C1CCC(C2CCCCC2)CC1.C1CCC(C2CCCCC2)CC1.O=C(CCCCCNC(=O)C(NC(=O)C1CCCCC1)SSCCOC(=O)Nc1ccn(C2CC(O)C(COP(=O)(O)OP(=O)(O)OP(=O)(O)O)O2)c(=O)n1)NCCn1c(=O)ccn(C2CC(O)C(COP(=O)(O)O)O2)c1=O.